The van der Waals surface area contributed by atoms with E-state index >= 15 is 13.2 Å². The van der Waals surface area contributed by atoms with E-state index in [9.17, 15) is 13.2 Å². The molecule has 3 rings (SSSR count). The van der Waals surface area contributed by atoms with Gasteiger partial charge in [0.2, 0.25) is 0 Å². The second kappa shape index (κ2) is 11.3. The van der Waals surface area contributed by atoms with Gasteiger partial charge in [0.15, 0.2) is 18.2 Å². The van der Waals surface area contributed by atoms with E-state index < -0.39 is 52.9 Å². The number of fused-ring (bicyclic) bond motifs is 1. The van der Waals surface area contributed by atoms with E-state index in [1.54, 1.807) is 6.08 Å². The van der Waals surface area contributed by atoms with Crippen LogP contribution in [0, 0.1) is 17.7 Å². The third-order valence-corrected chi connectivity index (χ3v) is 7.33. The second-order valence-corrected chi connectivity index (χ2v) is 9.71. The quantitative estimate of drug-likeness (QED) is 0.186. The Hall–Kier alpha value is -2.18. The van der Waals surface area contributed by atoms with Crippen LogP contribution in [-0.2, 0) is 11.2 Å². The second-order valence-electron chi connectivity index (χ2n) is 9.71. The molecule has 1 saturated carbocycles. The molecule has 0 N–H and O–H groups in total. The minimum atomic E-state index is -3.64. The monoisotopic (exact) mass is 500 g/mol. The van der Waals surface area contributed by atoms with Gasteiger partial charge in [-0.05, 0) is 81.4 Å². The molecule has 2 unspecified atom stereocenters. The molecule has 2 aliphatic carbocycles. The highest BCUT2D eigenvalue weighted by Crippen LogP contribution is 2.47. The average molecular weight is 501 g/mol. The van der Waals surface area contributed by atoms with Gasteiger partial charge in [-0.3, -0.25) is 0 Å². The number of benzene rings is 1. The molecule has 1 aromatic carbocycles. The van der Waals surface area contributed by atoms with Crippen molar-refractivity contribution in [2.75, 3.05) is 0 Å². The molecular weight excluding hydrogens is 466 g/mol. The van der Waals surface area contributed by atoms with Gasteiger partial charge in [0.05, 0.1) is 5.92 Å². The summed E-state index contributed by atoms with van der Waals surface area (Å²) in [5, 5.41) is 0. The molecule has 194 valence electrons. The normalized spacial score (nSPS) is 25.7. The third-order valence-electron chi connectivity index (χ3n) is 7.33. The maximum Gasteiger partial charge on any atom is 0.400 e. The van der Waals surface area contributed by atoms with Crippen molar-refractivity contribution >= 4 is 5.57 Å². The van der Waals surface area contributed by atoms with Gasteiger partial charge in [-0.15, -0.1) is 6.58 Å². The Bertz CT molecular complexity index is 987. The summed E-state index contributed by atoms with van der Waals surface area (Å²) >= 11 is 0. The standard InChI is InChI=1S/C28H34F6O/c1-5-7-9-18-10-13-20(14-11-18)28(33,34)35-17(4)24(29)22-16(3)21-15-12-19(8-6-2)25(30)23(21)27(32)26(22)31/h5,12,15,18,20,26-27H,1,6-11,13-14H2,2-4H3/b24-17-. The summed E-state index contributed by atoms with van der Waals surface area (Å²) in [5.74, 6) is -3.77. The Kier molecular flexibility index (Phi) is 8.81. The van der Waals surface area contributed by atoms with E-state index in [4.69, 9.17) is 4.74 Å². The lowest BCUT2D eigenvalue weighted by Gasteiger charge is -2.34. The number of ether oxygens (including phenoxy) is 1. The zero-order valence-electron chi connectivity index (χ0n) is 20.6. The van der Waals surface area contributed by atoms with Crippen LogP contribution in [-0.4, -0.2) is 12.3 Å². The molecule has 0 bridgehead atoms. The lowest BCUT2D eigenvalue weighted by Crippen LogP contribution is -2.34. The summed E-state index contributed by atoms with van der Waals surface area (Å²) in [5.41, 5.74) is -0.906. The summed E-state index contributed by atoms with van der Waals surface area (Å²) < 4.78 is 94.8. The lowest BCUT2D eigenvalue weighted by atomic mass is 9.79. The van der Waals surface area contributed by atoms with Crippen LogP contribution in [0.4, 0.5) is 26.3 Å². The molecule has 0 aromatic heterocycles. The molecule has 2 atom stereocenters. The maximum absolute atomic E-state index is 15.3. The molecule has 1 fully saturated rings. The molecule has 0 amide bonds. The first-order chi connectivity index (χ1) is 16.5. The largest absolute Gasteiger partial charge is 0.434 e. The molecule has 7 heteroatoms. The highest BCUT2D eigenvalue weighted by molar-refractivity contribution is 5.77. The number of alkyl halides is 4. The predicted octanol–water partition coefficient (Wildman–Crippen LogP) is 9.50. The minimum Gasteiger partial charge on any atom is -0.434 e. The van der Waals surface area contributed by atoms with E-state index in [1.165, 1.54) is 19.1 Å². The van der Waals surface area contributed by atoms with E-state index in [1.807, 2.05) is 6.92 Å². The zero-order chi connectivity index (χ0) is 25.9. The number of allylic oxidation sites excluding steroid dienone is 5. The van der Waals surface area contributed by atoms with Crippen LogP contribution >= 0.6 is 0 Å². The van der Waals surface area contributed by atoms with E-state index in [-0.39, 0.29) is 29.5 Å². The average Bonchev–Trinajstić information content (AvgIpc) is 2.82. The van der Waals surface area contributed by atoms with Gasteiger partial charge in [0, 0.05) is 11.1 Å². The highest BCUT2D eigenvalue weighted by atomic mass is 19.3. The fourth-order valence-electron chi connectivity index (χ4n) is 5.29. The summed E-state index contributed by atoms with van der Waals surface area (Å²) in [7, 11) is 0. The topological polar surface area (TPSA) is 9.23 Å². The van der Waals surface area contributed by atoms with Gasteiger partial charge >= 0.3 is 6.11 Å². The van der Waals surface area contributed by atoms with Gasteiger partial charge in [-0.1, -0.05) is 31.6 Å². The fourth-order valence-corrected chi connectivity index (χ4v) is 5.29. The van der Waals surface area contributed by atoms with Crippen molar-refractivity contribution < 1.29 is 31.1 Å². The Morgan fingerprint density at radius 2 is 1.80 bits per heavy atom. The van der Waals surface area contributed by atoms with E-state index in [0.717, 1.165) is 19.8 Å². The van der Waals surface area contributed by atoms with Gasteiger partial charge in [-0.2, -0.15) is 8.78 Å². The number of aryl methyl sites for hydroxylation is 1. The molecule has 1 nitrogen and oxygen atoms in total. The van der Waals surface area contributed by atoms with Crippen molar-refractivity contribution in [3.63, 3.8) is 0 Å². The zero-order valence-corrected chi connectivity index (χ0v) is 20.6. The molecular formula is C28H34F6O. The van der Waals surface area contributed by atoms with Crippen LogP contribution in [0.15, 0.2) is 41.9 Å². The minimum absolute atomic E-state index is 0.0326. The molecule has 0 saturated heterocycles. The van der Waals surface area contributed by atoms with Crippen LogP contribution in [0.3, 0.4) is 0 Å². The highest BCUT2D eigenvalue weighted by Gasteiger charge is 2.45. The van der Waals surface area contributed by atoms with Gasteiger partial charge in [0.25, 0.3) is 0 Å². The van der Waals surface area contributed by atoms with Crippen LogP contribution < -0.4 is 0 Å². The molecule has 1 aromatic rings. The van der Waals surface area contributed by atoms with Crippen LogP contribution in [0.25, 0.3) is 5.57 Å². The fraction of sp³-hybridized carbons (Fsp3) is 0.571. The first kappa shape index (κ1) is 27.4. The van der Waals surface area contributed by atoms with Crippen molar-refractivity contribution in [2.45, 2.75) is 90.6 Å². The van der Waals surface area contributed by atoms with Crippen molar-refractivity contribution in [1.29, 1.82) is 0 Å². The van der Waals surface area contributed by atoms with Crippen molar-refractivity contribution in [3.8, 4) is 0 Å². The Labute approximate surface area is 203 Å². The summed E-state index contributed by atoms with van der Waals surface area (Å²) in [6.45, 7) is 7.83. The molecule has 0 aliphatic heterocycles. The SMILES string of the molecule is C=CCCC1CCC(C(F)(F)O/C(C)=C(\F)C2=C(C)c3ccc(CCC)c(F)c3C(F)C2F)CC1. The first-order valence-corrected chi connectivity index (χ1v) is 12.4. The van der Waals surface area contributed by atoms with Crippen molar-refractivity contribution in [2.24, 2.45) is 11.8 Å². The van der Waals surface area contributed by atoms with Gasteiger partial charge in [-0.25, -0.2) is 17.6 Å². The Morgan fingerprint density at radius 3 is 2.40 bits per heavy atom. The van der Waals surface area contributed by atoms with Gasteiger partial charge in [0.1, 0.15) is 11.6 Å². The van der Waals surface area contributed by atoms with Gasteiger partial charge < -0.3 is 4.74 Å². The first-order valence-electron chi connectivity index (χ1n) is 12.4. The molecule has 0 radical (unpaired) electrons. The molecule has 0 heterocycles. The third kappa shape index (κ3) is 5.64. The van der Waals surface area contributed by atoms with Crippen molar-refractivity contribution in [1.82, 2.24) is 0 Å². The lowest BCUT2D eigenvalue weighted by molar-refractivity contribution is -0.257. The number of halogens is 6. The Balaban J connectivity index is 1.86. The van der Waals surface area contributed by atoms with E-state index in [2.05, 4.69) is 6.58 Å². The van der Waals surface area contributed by atoms with Crippen molar-refractivity contribution in [3.05, 3.63) is 64.5 Å². The van der Waals surface area contributed by atoms with E-state index in [0.29, 0.717) is 31.6 Å². The number of hydrogen-bond donors (Lipinski definition) is 0. The summed E-state index contributed by atoms with van der Waals surface area (Å²) in [6, 6.07) is 2.90. The van der Waals surface area contributed by atoms with Crippen LogP contribution in [0.1, 0.15) is 88.6 Å². The predicted molar refractivity (Wildman–Crippen MR) is 126 cm³/mol. The molecule has 35 heavy (non-hydrogen) atoms. The molecule has 0 spiro atoms. The summed E-state index contributed by atoms with van der Waals surface area (Å²) in [4.78, 5) is 0. The number of rotatable bonds is 9. The Morgan fingerprint density at radius 1 is 1.14 bits per heavy atom. The number of hydrogen-bond acceptors (Lipinski definition) is 1. The molecule has 2 aliphatic rings. The smallest absolute Gasteiger partial charge is 0.400 e. The van der Waals surface area contributed by atoms with Crippen LogP contribution in [0.5, 0.6) is 0 Å². The van der Waals surface area contributed by atoms with Crippen LogP contribution in [0.2, 0.25) is 0 Å². The summed E-state index contributed by atoms with van der Waals surface area (Å²) in [6.07, 6.45) is -2.44. The maximum atomic E-state index is 15.3.